The average Bonchev–Trinajstić information content (AvgIpc) is 2.86. The summed E-state index contributed by atoms with van der Waals surface area (Å²) in [5.41, 5.74) is 2.14. The van der Waals surface area contributed by atoms with Gasteiger partial charge in [0.1, 0.15) is 0 Å². The average molecular weight is 242 g/mol. The summed E-state index contributed by atoms with van der Waals surface area (Å²) >= 11 is 0. The number of nitrogens with zero attached hydrogens (tertiary/aromatic N) is 2. The molecule has 2 aromatic rings. The Labute approximate surface area is 107 Å². The van der Waals surface area contributed by atoms with Crippen molar-refractivity contribution in [1.29, 1.82) is 0 Å². The van der Waals surface area contributed by atoms with Gasteiger partial charge in [-0.25, -0.2) is 0 Å². The lowest BCUT2D eigenvalue weighted by molar-refractivity contribution is 0.152. The Morgan fingerprint density at radius 1 is 1.22 bits per heavy atom. The summed E-state index contributed by atoms with van der Waals surface area (Å²) in [7, 11) is 0. The molecule has 0 radical (unpaired) electrons. The van der Waals surface area contributed by atoms with Crippen LogP contribution in [0.5, 0.6) is 0 Å². The molecule has 1 atom stereocenters. The van der Waals surface area contributed by atoms with Crippen LogP contribution in [-0.4, -0.2) is 34.2 Å². The van der Waals surface area contributed by atoms with E-state index in [1.165, 1.54) is 11.8 Å². The van der Waals surface area contributed by atoms with Gasteiger partial charge in [0.05, 0.1) is 17.8 Å². The van der Waals surface area contributed by atoms with Crippen LogP contribution in [0, 0.1) is 0 Å². The topological polar surface area (TPSA) is 36.4 Å². The van der Waals surface area contributed by atoms with Gasteiger partial charge < -0.3 is 5.11 Å². The molecule has 0 amide bonds. The molecule has 3 heteroatoms. The first kappa shape index (κ1) is 11.6. The summed E-state index contributed by atoms with van der Waals surface area (Å²) in [5, 5.41) is 10.5. The van der Waals surface area contributed by atoms with Crippen molar-refractivity contribution >= 4 is 10.9 Å². The van der Waals surface area contributed by atoms with Gasteiger partial charge in [0.15, 0.2) is 0 Å². The third-order valence-electron chi connectivity index (χ3n) is 3.73. The largest absolute Gasteiger partial charge is 0.395 e. The highest BCUT2D eigenvalue weighted by Gasteiger charge is 2.23. The third-order valence-corrected chi connectivity index (χ3v) is 3.73. The summed E-state index contributed by atoms with van der Waals surface area (Å²) in [6.07, 6.45) is 2.28. The zero-order chi connectivity index (χ0) is 12.4. The van der Waals surface area contributed by atoms with Crippen LogP contribution in [0.15, 0.2) is 36.4 Å². The normalized spacial score (nSPS) is 20.6. The summed E-state index contributed by atoms with van der Waals surface area (Å²) in [6, 6.07) is 12.7. The molecule has 94 valence electrons. The Bertz CT molecular complexity index is 541. The molecule has 18 heavy (non-hydrogen) atoms. The highest BCUT2D eigenvalue weighted by Crippen LogP contribution is 2.20. The minimum atomic E-state index is 0.258. The van der Waals surface area contributed by atoms with E-state index in [1.807, 2.05) is 18.2 Å². The molecule has 1 fully saturated rings. The molecule has 1 aliphatic heterocycles. The fourth-order valence-electron chi connectivity index (χ4n) is 2.71. The van der Waals surface area contributed by atoms with Crippen LogP contribution in [0.25, 0.3) is 10.9 Å². The number of hydrogen-bond donors (Lipinski definition) is 1. The lowest BCUT2D eigenvalue weighted by Gasteiger charge is -2.22. The van der Waals surface area contributed by atoms with Gasteiger partial charge in [-0.1, -0.05) is 24.3 Å². The van der Waals surface area contributed by atoms with Crippen LogP contribution in [0.2, 0.25) is 0 Å². The van der Waals surface area contributed by atoms with E-state index in [4.69, 9.17) is 0 Å². The van der Waals surface area contributed by atoms with Crippen molar-refractivity contribution < 1.29 is 5.11 Å². The van der Waals surface area contributed by atoms with Gasteiger partial charge in [-0.05, 0) is 31.5 Å². The molecule has 0 spiro atoms. The minimum absolute atomic E-state index is 0.258. The molecule has 0 bridgehead atoms. The van der Waals surface area contributed by atoms with Crippen LogP contribution in [0.4, 0.5) is 0 Å². The second kappa shape index (κ2) is 5.04. The molecule has 1 unspecified atom stereocenters. The second-order valence-corrected chi connectivity index (χ2v) is 4.94. The van der Waals surface area contributed by atoms with Crippen molar-refractivity contribution in [1.82, 2.24) is 9.88 Å². The van der Waals surface area contributed by atoms with Gasteiger partial charge in [-0.15, -0.1) is 0 Å². The molecule has 0 aliphatic carbocycles. The van der Waals surface area contributed by atoms with Crippen LogP contribution < -0.4 is 0 Å². The fourth-order valence-corrected chi connectivity index (χ4v) is 2.71. The highest BCUT2D eigenvalue weighted by atomic mass is 16.3. The van der Waals surface area contributed by atoms with E-state index < -0.39 is 0 Å². The van der Waals surface area contributed by atoms with Gasteiger partial charge in [-0.2, -0.15) is 0 Å². The van der Waals surface area contributed by atoms with Crippen molar-refractivity contribution in [2.75, 3.05) is 13.2 Å². The monoisotopic (exact) mass is 242 g/mol. The van der Waals surface area contributed by atoms with E-state index >= 15 is 0 Å². The van der Waals surface area contributed by atoms with E-state index in [9.17, 15) is 5.11 Å². The van der Waals surface area contributed by atoms with Crippen LogP contribution in [0.3, 0.4) is 0 Å². The standard InChI is InChI=1S/C15H18N2O/c18-11-14-5-3-9-17(14)10-13-8-7-12-4-1-2-6-15(12)16-13/h1-2,4,6-8,14,18H,3,5,9-11H2. The zero-order valence-corrected chi connectivity index (χ0v) is 10.4. The zero-order valence-electron chi connectivity index (χ0n) is 10.4. The van der Waals surface area contributed by atoms with Crippen LogP contribution in [0.1, 0.15) is 18.5 Å². The summed E-state index contributed by atoms with van der Waals surface area (Å²) in [5.74, 6) is 0. The number of aliphatic hydroxyl groups is 1. The van der Waals surface area contributed by atoms with Crippen molar-refractivity contribution in [3.8, 4) is 0 Å². The molecule has 3 rings (SSSR count). The maximum atomic E-state index is 9.32. The second-order valence-electron chi connectivity index (χ2n) is 4.94. The molecule has 1 aliphatic rings. The molecule has 3 nitrogen and oxygen atoms in total. The number of aromatic nitrogens is 1. The number of rotatable bonds is 3. The first-order valence-electron chi connectivity index (χ1n) is 6.56. The van der Waals surface area contributed by atoms with Crippen molar-refractivity contribution in [3.05, 3.63) is 42.1 Å². The predicted octanol–water partition coefficient (Wildman–Crippen LogP) is 2.19. The molecular formula is C15H18N2O. The number of para-hydroxylation sites is 1. The van der Waals surface area contributed by atoms with Gasteiger partial charge in [0.2, 0.25) is 0 Å². The van der Waals surface area contributed by atoms with E-state index in [0.717, 1.165) is 30.7 Å². The predicted molar refractivity (Wildman–Crippen MR) is 72.3 cm³/mol. The number of aliphatic hydroxyl groups excluding tert-OH is 1. The van der Waals surface area contributed by atoms with Crippen LogP contribution >= 0.6 is 0 Å². The molecule has 1 saturated heterocycles. The number of likely N-dealkylation sites (tertiary alicyclic amines) is 1. The maximum Gasteiger partial charge on any atom is 0.0705 e. The Morgan fingerprint density at radius 3 is 3.00 bits per heavy atom. The van der Waals surface area contributed by atoms with E-state index in [2.05, 4.69) is 28.1 Å². The van der Waals surface area contributed by atoms with Crippen molar-refractivity contribution in [2.45, 2.75) is 25.4 Å². The van der Waals surface area contributed by atoms with Crippen molar-refractivity contribution in [3.63, 3.8) is 0 Å². The van der Waals surface area contributed by atoms with Gasteiger partial charge in [0, 0.05) is 18.0 Å². The quantitative estimate of drug-likeness (QED) is 0.896. The highest BCUT2D eigenvalue weighted by molar-refractivity contribution is 5.78. The first-order chi connectivity index (χ1) is 8.86. The number of benzene rings is 1. The van der Waals surface area contributed by atoms with Gasteiger partial charge in [-0.3, -0.25) is 9.88 Å². The van der Waals surface area contributed by atoms with Gasteiger partial charge >= 0.3 is 0 Å². The van der Waals surface area contributed by atoms with E-state index in [1.54, 1.807) is 0 Å². The van der Waals surface area contributed by atoms with E-state index in [-0.39, 0.29) is 6.61 Å². The number of fused-ring (bicyclic) bond motifs is 1. The summed E-state index contributed by atoms with van der Waals surface area (Å²) in [6.45, 7) is 2.17. The first-order valence-corrected chi connectivity index (χ1v) is 6.56. The van der Waals surface area contributed by atoms with Crippen molar-refractivity contribution in [2.24, 2.45) is 0 Å². The molecule has 0 saturated carbocycles. The third kappa shape index (κ3) is 2.24. The molecular weight excluding hydrogens is 224 g/mol. The number of hydrogen-bond acceptors (Lipinski definition) is 3. The van der Waals surface area contributed by atoms with Gasteiger partial charge in [0.25, 0.3) is 0 Å². The van der Waals surface area contributed by atoms with Crippen LogP contribution in [-0.2, 0) is 6.54 Å². The Morgan fingerprint density at radius 2 is 2.11 bits per heavy atom. The SMILES string of the molecule is OCC1CCCN1Cc1ccc2ccccc2n1. The van der Waals surface area contributed by atoms with E-state index in [0.29, 0.717) is 6.04 Å². The molecule has 1 N–H and O–H groups in total. The molecule has 2 heterocycles. The fraction of sp³-hybridized carbons (Fsp3) is 0.400. The maximum absolute atomic E-state index is 9.32. The molecule has 1 aromatic heterocycles. The Kier molecular flexibility index (Phi) is 3.26. The number of pyridine rings is 1. The lowest BCUT2D eigenvalue weighted by Crippen LogP contribution is -2.31. The molecule has 1 aromatic carbocycles. The smallest absolute Gasteiger partial charge is 0.0705 e. The lowest BCUT2D eigenvalue weighted by atomic mass is 10.2. The summed E-state index contributed by atoms with van der Waals surface area (Å²) < 4.78 is 0. The Balaban J connectivity index is 1.82. The summed E-state index contributed by atoms with van der Waals surface area (Å²) in [4.78, 5) is 7.01. The Hall–Kier alpha value is -1.45. The minimum Gasteiger partial charge on any atom is -0.395 e.